The van der Waals surface area contributed by atoms with Crippen LogP contribution in [0.2, 0.25) is 0 Å². The highest BCUT2D eigenvalue weighted by molar-refractivity contribution is 5.71. The second kappa shape index (κ2) is 6.50. The van der Waals surface area contributed by atoms with Gasteiger partial charge in [-0.05, 0) is 12.1 Å². The van der Waals surface area contributed by atoms with E-state index in [0.29, 0.717) is 0 Å². The molecule has 0 fully saturated rings. The van der Waals surface area contributed by atoms with Gasteiger partial charge in [-0.15, -0.1) is 0 Å². The van der Waals surface area contributed by atoms with Crippen LogP contribution in [0.4, 0.5) is 9.59 Å². The highest BCUT2D eigenvalue weighted by Gasteiger charge is 2.14. The number of rotatable bonds is 4. The van der Waals surface area contributed by atoms with Crippen molar-refractivity contribution >= 4 is 12.2 Å². The number of phenolic OH excluding ortho intramolecular Hbond substituents is 2. The van der Waals surface area contributed by atoms with E-state index >= 15 is 0 Å². The van der Waals surface area contributed by atoms with E-state index in [9.17, 15) is 14.7 Å². The van der Waals surface area contributed by atoms with Crippen molar-refractivity contribution in [2.24, 2.45) is 0 Å². The minimum absolute atomic E-state index is 0.0729. The van der Waals surface area contributed by atoms with Crippen LogP contribution in [0.15, 0.2) is 18.2 Å². The molecule has 20 heavy (non-hydrogen) atoms. The molecular weight excluding hydrogens is 268 g/mol. The van der Waals surface area contributed by atoms with Gasteiger partial charge >= 0.3 is 12.2 Å². The summed E-state index contributed by atoms with van der Waals surface area (Å²) in [6.45, 7) is 0.299. The van der Waals surface area contributed by atoms with Crippen LogP contribution in [0.3, 0.4) is 0 Å². The molecule has 3 N–H and O–H groups in total. The maximum atomic E-state index is 11.7. The smallest absolute Gasteiger partial charge is 0.415 e. The van der Waals surface area contributed by atoms with Gasteiger partial charge in [0.25, 0.3) is 0 Å². The summed E-state index contributed by atoms with van der Waals surface area (Å²) in [6.07, 6.45) is -1.79. The van der Waals surface area contributed by atoms with Gasteiger partial charge in [0.05, 0.1) is 0 Å². The molecule has 0 aliphatic carbocycles. The number of hydrogen-bond donors (Lipinski definition) is 3. The van der Waals surface area contributed by atoms with E-state index < -0.39 is 17.9 Å². The first-order chi connectivity index (χ1) is 9.31. The molecule has 0 aliphatic heterocycles. The zero-order chi connectivity index (χ0) is 15.3. The molecular formula is C12H16N2O6. The molecule has 0 aliphatic rings. The van der Waals surface area contributed by atoms with Crippen molar-refractivity contribution in [1.82, 2.24) is 9.80 Å². The van der Waals surface area contributed by atoms with Gasteiger partial charge in [-0.2, -0.15) is 0 Å². The second-order valence-corrected chi connectivity index (χ2v) is 4.14. The second-order valence-electron chi connectivity index (χ2n) is 4.14. The fraction of sp³-hybridized carbons (Fsp3) is 0.333. The molecule has 0 radical (unpaired) electrons. The van der Waals surface area contributed by atoms with Crippen molar-refractivity contribution < 1.29 is 29.6 Å². The number of nitrogens with zero attached hydrogens (tertiary/aromatic N) is 2. The molecule has 1 aromatic carbocycles. The largest absolute Gasteiger partial charge is 0.504 e. The maximum Gasteiger partial charge on any atom is 0.415 e. The van der Waals surface area contributed by atoms with E-state index in [1.807, 2.05) is 0 Å². The van der Waals surface area contributed by atoms with E-state index in [1.165, 1.54) is 31.1 Å². The van der Waals surface area contributed by atoms with Crippen molar-refractivity contribution in [2.75, 3.05) is 27.2 Å². The standard InChI is InChI=1S/C12H16N2O6/c1-13(11(17)18)5-6-14(2)12(19)20-8-3-4-9(15)10(16)7-8/h3-4,7,15-16H,5-6H2,1-2H3,(H,17,18). The third-order valence-corrected chi connectivity index (χ3v) is 2.56. The third kappa shape index (κ3) is 4.23. The van der Waals surface area contributed by atoms with Crippen LogP contribution < -0.4 is 4.74 Å². The summed E-state index contributed by atoms with van der Waals surface area (Å²) in [7, 11) is 2.85. The number of carbonyl (C=O) groups excluding carboxylic acids is 1. The Morgan fingerprint density at radius 1 is 1.10 bits per heavy atom. The summed E-state index contributed by atoms with van der Waals surface area (Å²) in [4.78, 5) is 24.5. The van der Waals surface area contributed by atoms with Crippen LogP contribution in [0.1, 0.15) is 0 Å². The molecule has 2 amide bonds. The average Bonchev–Trinajstić information content (AvgIpc) is 2.39. The van der Waals surface area contributed by atoms with E-state index in [-0.39, 0.29) is 24.6 Å². The van der Waals surface area contributed by atoms with Gasteiger partial charge in [0.1, 0.15) is 5.75 Å². The van der Waals surface area contributed by atoms with Gasteiger partial charge in [-0.25, -0.2) is 9.59 Å². The first-order valence-electron chi connectivity index (χ1n) is 5.70. The molecule has 8 heteroatoms. The third-order valence-electron chi connectivity index (χ3n) is 2.56. The fourth-order valence-corrected chi connectivity index (χ4v) is 1.23. The Morgan fingerprint density at radius 3 is 2.25 bits per heavy atom. The molecule has 1 aromatic rings. The van der Waals surface area contributed by atoms with Crippen molar-refractivity contribution in [3.05, 3.63) is 18.2 Å². The molecule has 0 spiro atoms. The lowest BCUT2D eigenvalue weighted by Crippen LogP contribution is -2.38. The van der Waals surface area contributed by atoms with Crippen molar-refractivity contribution in [2.45, 2.75) is 0 Å². The lowest BCUT2D eigenvalue weighted by molar-refractivity contribution is 0.141. The van der Waals surface area contributed by atoms with Crippen LogP contribution >= 0.6 is 0 Å². The molecule has 0 bridgehead atoms. The minimum atomic E-state index is -1.09. The van der Waals surface area contributed by atoms with Gasteiger partial charge < -0.3 is 29.9 Å². The van der Waals surface area contributed by atoms with Gasteiger partial charge in [-0.3, -0.25) is 0 Å². The predicted molar refractivity (Wildman–Crippen MR) is 69.1 cm³/mol. The van der Waals surface area contributed by atoms with Crippen LogP contribution in [0, 0.1) is 0 Å². The summed E-state index contributed by atoms with van der Waals surface area (Å²) >= 11 is 0. The Morgan fingerprint density at radius 2 is 1.70 bits per heavy atom. The van der Waals surface area contributed by atoms with Gasteiger partial charge in [0.15, 0.2) is 11.5 Å². The lowest BCUT2D eigenvalue weighted by atomic mass is 10.3. The number of likely N-dealkylation sites (N-methyl/N-ethyl adjacent to an activating group) is 2. The molecule has 0 aromatic heterocycles. The molecule has 0 atom stereocenters. The monoisotopic (exact) mass is 284 g/mol. The van der Waals surface area contributed by atoms with Crippen LogP contribution in [0.5, 0.6) is 17.2 Å². The van der Waals surface area contributed by atoms with Crippen molar-refractivity contribution in [3.63, 3.8) is 0 Å². The van der Waals surface area contributed by atoms with Crippen molar-refractivity contribution in [3.8, 4) is 17.2 Å². The Labute approximate surface area is 115 Å². The first kappa shape index (κ1) is 15.4. The summed E-state index contributed by atoms with van der Waals surface area (Å²) in [6, 6.07) is 3.62. The number of benzene rings is 1. The molecule has 0 saturated carbocycles. The number of carboxylic acid groups (broad SMARTS) is 1. The predicted octanol–water partition coefficient (Wildman–Crippen LogP) is 1.14. The Hall–Kier alpha value is -2.64. The van der Waals surface area contributed by atoms with Crippen molar-refractivity contribution in [1.29, 1.82) is 0 Å². The molecule has 110 valence electrons. The highest BCUT2D eigenvalue weighted by Crippen LogP contribution is 2.28. The molecule has 0 saturated heterocycles. The van der Waals surface area contributed by atoms with Gasteiger partial charge in [0.2, 0.25) is 0 Å². The van der Waals surface area contributed by atoms with E-state index in [1.54, 1.807) is 0 Å². The number of hydrogen-bond acceptors (Lipinski definition) is 5. The van der Waals surface area contributed by atoms with Gasteiger partial charge in [0, 0.05) is 33.3 Å². The van der Waals surface area contributed by atoms with Crippen LogP contribution in [-0.4, -0.2) is 64.5 Å². The SMILES string of the molecule is CN(CCN(C)C(=O)Oc1ccc(O)c(O)c1)C(=O)O. The first-order valence-corrected chi connectivity index (χ1v) is 5.70. The minimum Gasteiger partial charge on any atom is -0.504 e. The average molecular weight is 284 g/mol. The Kier molecular flexibility index (Phi) is 5.01. The van der Waals surface area contributed by atoms with Gasteiger partial charge in [-0.1, -0.05) is 0 Å². The number of carbonyl (C=O) groups is 2. The Bertz CT molecular complexity index is 505. The molecule has 0 heterocycles. The Balaban J connectivity index is 2.53. The highest BCUT2D eigenvalue weighted by atomic mass is 16.6. The summed E-state index contributed by atoms with van der Waals surface area (Å²) < 4.78 is 4.95. The fourth-order valence-electron chi connectivity index (χ4n) is 1.23. The zero-order valence-electron chi connectivity index (χ0n) is 11.1. The topological polar surface area (TPSA) is 111 Å². The van der Waals surface area contributed by atoms with E-state index in [2.05, 4.69) is 0 Å². The van der Waals surface area contributed by atoms with E-state index in [0.717, 1.165) is 11.0 Å². The summed E-state index contributed by atoms with van der Waals surface area (Å²) in [5.41, 5.74) is 0. The lowest BCUT2D eigenvalue weighted by Gasteiger charge is -2.20. The molecule has 0 unspecified atom stereocenters. The number of amides is 2. The number of aromatic hydroxyl groups is 2. The number of phenols is 2. The molecule has 1 rings (SSSR count). The normalized spacial score (nSPS) is 9.90. The van der Waals surface area contributed by atoms with Crippen LogP contribution in [0.25, 0.3) is 0 Å². The van der Waals surface area contributed by atoms with E-state index in [4.69, 9.17) is 14.9 Å². The quantitative estimate of drug-likeness (QED) is 0.715. The number of ether oxygens (including phenoxy) is 1. The zero-order valence-corrected chi connectivity index (χ0v) is 11.1. The maximum absolute atomic E-state index is 11.7. The van der Waals surface area contributed by atoms with Crippen LogP contribution in [-0.2, 0) is 0 Å². The summed E-state index contributed by atoms with van der Waals surface area (Å²) in [5, 5.41) is 27.0. The molecule has 8 nitrogen and oxygen atoms in total. The summed E-state index contributed by atoms with van der Waals surface area (Å²) in [5.74, 6) is -0.645.